The Hall–Kier alpha value is -2.09. The third kappa shape index (κ3) is 3.94. The minimum absolute atomic E-state index is 0.115. The van der Waals surface area contributed by atoms with Gasteiger partial charge in [-0.2, -0.15) is 13.2 Å². The summed E-state index contributed by atoms with van der Waals surface area (Å²) < 4.78 is 37.7. The highest BCUT2D eigenvalue weighted by atomic mass is 19.4. The summed E-state index contributed by atoms with van der Waals surface area (Å²) in [5, 5.41) is 4.56. The van der Waals surface area contributed by atoms with Gasteiger partial charge >= 0.3 is 6.18 Å². The van der Waals surface area contributed by atoms with E-state index >= 15 is 0 Å². The molecule has 0 fully saturated rings. The SMILES string of the molecule is CNC(=O)c1ccc(CNC(=O)C(C)(N)C(F)(F)F)cc1. The second-order valence-electron chi connectivity index (χ2n) is 4.66. The number of nitrogens with one attached hydrogen (secondary N) is 2. The summed E-state index contributed by atoms with van der Waals surface area (Å²) in [7, 11) is 1.48. The lowest BCUT2D eigenvalue weighted by atomic mass is 10.0. The zero-order chi connectivity index (χ0) is 16.3. The molecule has 2 amide bonds. The number of carbonyl (C=O) groups excluding carboxylic acids is 2. The number of rotatable bonds is 4. The Bertz CT molecular complexity index is 524. The molecule has 1 rings (SSSR count). The number of halogens is 3. The summed E-state index contributed by atoms with van der Waals surface area (Å²) in [5.41, 5.74) is 3.00. The van der Waals surface area contributed by atoms with Gasteiger partial charge in [0.2, 0.25) is 5.91 Å². The maximum atomic E-state index is 12.6. The van der Waals surface area contributed by atoms with Crippen LogP contribution in [0.5, 0.6) is 0 Å². The molecule has 0 aliphatic heterocycles. The molecule has 0 saturated heterocycles. The molecule has 0 aliphatic carbocycles. The van der Waals surface area contributed by atoms with Crippen molar-refractivity contribution in [2.45, 2.75) is 25.2 Å². The maximum Gasteiger partial charge on any atom is 0.415 e. The molecule has 0 heterocycles. The molecule has 4 N–H and O–H groups in total. The lowest BCUT2D eigenvalue weighted by Gasteiger charge is -2.26. The van der Waals surface area contributed by atoms with E-state index in [0.29, 0.717) is 18.1 Å². The van der Waals surface area contributed by atoms with Crippen molar-refractivity contribution in [3.63, 3.8) is 0 Å². The van der Waals surface area contributed by atoms with Gasteiger partial charge < -0.3 is 16.4 Å². The lowest BCUT2D eigenvalue weighted by molar-refractivity contribution is -0.187. The monoisotopic (exact) mass is 303 g/mol. The van der Waals surface area contributed by atoms with Crippen molar-refractivity contribution < 1.29 is 22.8 Å². The summed E-state index contributed by atoms with van der Waals surface area (Å²) in [6.45, 7) is 0.493. The molecule has 0 radical (unpaired) electrons. The smallest absolute Gasteiger partial charge is 0.355 e. The van der Waals surface area contributed by atoms with Crippen molar-refractivity contribution in [1.29, 1.82) is 0 Å². The minimum atomic E-state index is -4.83. The van der Waals surface area contributed by atoms with Crippen LogP contribution in [-0.4, -0.2) is 30.6 Å². The summed E-state index contributed by atoms with van der Waals surface area (Å²) in [6.07, 6.45) is -4.83. The summed E-state index contributed by atoms with van der Waals surface area (Å²) >= 11 is 0. The Kier molecular flexibility index (Phi) is 4.95. The molecule has 0 bridgehead atoms. The third-order valence-corrected chi connectivity index (χ3v) is 2.96. The van der Waals surface area contributed by atoms with Crippen LogP contribution in [0.1, 0.15) is 22.8 Å². The molecule has 1 aromatic carbocycles. The lowest BCUT2D eigenvalue weighted by Crippen LogP contribution is -2.61. The molecule has 0 spiro atoms. The van der Waals surface area contributed by atoms with Crippen LogP contribution in [0.25, 0.3) is 0 Å². The number of alkyl halides is 3. The normalized spacial score (nSPS) is 14.2. The van der Waals surface area contributed by atoms with E-state index in [2.05, 4.69) is 10.6 Å². The van der Waals surface area contributed by atoms with Gasteiger partial charge in [-0.15, -0.1) is 0 Å². The van der Waals surface area contributed by atoms with Crippen LogP contribution >= 0.6 is 0 Å². The van der Waals surface area contributed by atoms with Crippen molar-refractivity contribution in [2.24, 2.45) is 5.73 Å². The largest absolute Gasteiger partial charge is 0.415 e. The van der Waals surface area contributed by atoms with E-state index in [1.54, 1.807) is 0 Å². The molecule has 1 unspecified atom stereocenters. The number of carbonyl (C=O) groups is 2. The topological polar surface area (TPSA) is 84.2 Å². The fourth-order valence-electron chi connectivity index (χ4n) is 1.41. The van der Waals surface area contributed by atoms with Gasteiger partial charge in [0.25, 0.3) is 5.91 Å². The summed E-state index contributed by atoms with van der Waals surface area (Å²) in [4.78, 5) is 22.8. The third-order valence-electron chi connectivity index (χ3n) is 2.96. The second-order valence-corrected chi connectivity index (χ2v) is 4.66. The van der Waals surface area contributed by atoms with Crippen molar-refractivity contribution in [1.82, 2.24) is 10.6 Å². The van der Waals surface area contributed by atoms with E-state index in [9.17, 15) is 22.8 Å². The second kappa shape index (κ2) is 6.13. The highest BCUT2D eigenvalue weighted by Gasteiger charge is 2.53. The van der Waals surface area contributed by atoms with Gasteiger partial charge in [-0.25, -0.2) is 0 Å². The van der Waals surface area contributed by atoms with Crippen molar-refractivity contribution in [3.05, 3.63) is 35.4 Å². The van der Waals surface area contributed by atoms with Crippen molar-refractivity contribution in [3.8, 4) is 0 Å². The molecule has 0 saturated carbocycles. The van der Waals surface area contributed by atoms with Gasteiger partial charge in [0, 0.05) is 19.2 Å². The van der Waals surface area contributed by atoms with E-state index in [-0.39, 0.29) is 12.5 Å². The van der Waals surface area contributed by atoms with Crippen LogP contribution in [-0.2, 0) is 11.3 Å². The summed E-state index contributed by atoms with van der Waals surface area (Å²) in [5.74, 6) is -1.59. The number of benzene rings is 1. The van der Waals surface area contributed by atoms with Gasteiger partial charge in [0.15, 0.2) is 5.54 Å². The van der Waals surface area contributed by atoms with Gasteiger partial charge in [-0.1, -0.05) is 12.1 Å². The van der Waals surface area contributed by atoms with Crippen molar-refractivity contribution in [2.75, 3.05) is 7.05 Å². The zero-order valence-corrected chi connectivity index (χ0v) is 11.5. The number of nitrogens with two attached hydrogens (primary N) is 1. The average molecular weight is 303 g/mol. The first-order valence-corrected chi connectivity index (χ1v) is 6.04. The summed E-state index contributed by atoms with van der Waals surface area (Å²) in [6, 6.07) is 6.08. The predicted molar refractivity (Wildman–Crippen MR) is 70.3 cm³/mol. The maximum absolute atomic E-state index is 12.6. The molecule has 1 atom stereocenters. The zero-order valence-electron chi connectivity index (χ0n) is 11.5. The van der Waals surface area contributed by atoms with Crippen molar-refractivity contribution >= 4 is 11.8 Å². The minimum Gasteiger partial charge on any atom is -0.355 e. The van der Waals surface area contributed by atoms with Crippen LogP contribution in [0, 0.1) is 0 Å². The van der Waals surface area contributed by atoms with Crippen LogP contribution in [0.3, 0.4) is 0 Å². The van der Waals surface area contributed by atoms with E-state index in [1.165, 1.54) is 31.3 Å². The Labute approximate surface area is 119 Å². The van der Waals surface area contributed by atoms with Gasteiger partial charge in [-0.3, -0.25) is 9.59 Å². The first-order valence-electron chi connectivity index (χ1n) is 6.04. The Balaban J connectivity index is 2.68. The molecular weight excluding hydrogens is 287 g/mol. The first-order chi connectivity index (χ1) is 9.59. The van der Waals surface area contributed by atoms with Crippen LogP contribution < -0.4 is 16.4 Å². The van der Waals surface area contributed by atoms with Crippen LogP contribution in [0.15, 0.2) is 24.3 Å². The number of hydrogen-bond acceptors (Lipinski definition) is 3. The van der Waals surface area contributed by atoms with E-state index in [1.807, 2.05) is 0 Å². The van der Waals surface area contributed by atoms with Crippen LogP contribution in [0.2, 0.25) is 0 Å². The van der Waals surface area contributed by atoms with E-state index in [4.69, 9.17) is 5.73 Å². The van der Waals surface area contributed by atoms with Gasteiger partial charge in [0.05, 0.1) is 0 Å². The van der Waals surface area contributed by atoms with E-state index in [0.717, 1.165) is 0 Å². The molecule has 1 aromatic rings. The highest BCUT2D eigenvalue weighted by molar-refractivity contribution is 5.94. The Morgan fingerprint density at radius 2 is 1.71 bits per heavy atom. The standard InChI is InChI=1S/C13H16F3N3O2/c1-12(17,13(14,15)16)11(21)19-7-8-3-5-9(6-4-8)10(20)18-2/h3-6H,7,17H2,1-2H3,(H,18,20)(H,19,21). The molecule has 5 nitrogen and oxygen atoms in total. The van der Waals surface area contributed by atoms with Gasteiger partial charge in [-0.05, 0) is 24.6 Å². The van der Waals surface area contributed by atoms with Crippen LogP contribution in [0.4, 0.5) is 13.2 Å². The molecule has 0 aromatic heterocycles. The molecule has 21 heavy (non-hydrogen) atoms. The van der Waals surface area contributed by atoms with Gasteiger partial charge in [0.1, 0.15) is 0 Å². The highest BCUT2D eigenvalue weighted by Crippen LogP contribution is 2.27. The molecule has 8 heteroatoms. The molecular formula is C13H16F3N3O2. The quantitative estimate of drug-likeness (QED) is 0.774. The Morgan fingerprint density at radius 1 is 1.19 bits per heavy atom. The Morgan fingerprint density at radius 3 is 2.14 bits per heavy atom. The molecule has 116 valence electrons. The van der Waals surface area contributed by atoms with E-state index < -0.39 is 17.6 Å². The average Bonchev–Trinajstić information content (AvgIpc) is 2.43. The molecule has 0 aliphatic rings. The number of hydrogen-bond donors (Lipinski definition) is 3. The predicted octanol–water partition coefficient (Wildman–Crippen LogP) is 0.942. The fraction of sp³-hybridized carbons (Fsp3) is 0.385. The first kappa shape index (κ1) is 17.0. The fourth-order valence-corrected chi connectivity index (χ4v) is 1.41. The number of amides is 2.